The van der Waals surface area contributed by atoms with Crippen molar-refractivity contribution in [2.45, 2.75) is 57.0 Å². The smallest absolute Gasteiger partial charge is 0.251 e. The number of piperidine rings is 1. The van der Waals surface area contributed by atoms with Gasteiger partial charge in [0.1, 0.15) is 0 Å². The lowest BCUT2D eigenvalue weighted by Crippen LogP contribution is -2.45. The maximum absolute atomic E-state index is 12.2. The third-order valence-corrected chi connectivity index (χ3v) is 5.11. The molecule has 0 atom stereocenters. The van der Waals surface area contributed by atoms with Crippen LogP contribution in [0.15, 0.2) is 24.3 Å². The summed E-state index contributed by atoms with van der Waals surface area (Å²) in [6.07, 6.45) is 8.73. The Balaban J connectivity index is 1.47. The third kappa shape index (κ3) is 3.80. The molecule has 2 aliphatic rings. The molecule has 1 aromatic rings. The second-order valence-corrected chi connectivity index (χ2v) is 6.70. The van der Waals surface area contributed by atoms with Crippen LogP contribution in [0.25, 0.3) is 0 Å². The van der Waals surface area contributed by atoms with E-state index in [2.05, 4.69) is 10.2 Å². The van der Waals surface area contributed by atoms with E-state index in [1.54, 1.807) is 24.3 Å². The van der Waals surface area contributed by atoms with E-state index in [4.69, 9.17) is 5.73 Å². The molecule has 0 unspecified atom stereocenters. The highest BCUT2D eigenvalue weighted by Gasteiger charge is 2.27. The SMILES string of the molecule is Nc1ccc(C(=O)NC2CCC(N3CCCCC3)CC2)cc1. The Labute approximate surface area is 133 Å². The summed E-state index contributed by atoms with van der Waals surface area (Å²) in [6.45, 7) is 2.54. The average Bonchev–Trinajstić information content (AvgIpc) is 2.57. The van der Waals surface area contributed by atoms with E-state index in [1.807, 2.05) is 0 Å². The standard InChI is InChI=1S/C18H27N3O/c19-15-6-4-14(5-7-15)18(22)20-16-8-10-17(11-9-16)21-12-2-1-3-13-21/h4-7,16-17H,1-3,8-13,19H2,(H,20,22). The number of nitrogens with zero attached hydrogens (tertiary/aromatic N) is 1. The minimum atomic E-state index is 0.0291. The quantitative estimate of drug-likeness (QED) is 0.844. The van der Waals surface area contributed by atoms with Gasteiger partial charge in [0.15, 0.2) is 0 Å². The minimum Gasteiger partial charge on any atom is -0.399 e. The molecule has 0 bridgehead atoms. The first kappa shape index (κ1) is 15.3. The summed E-state index contributed by atoms with van der Waals surface area (Å²) in [5.41, 5.74) is 7.06. The lowest BCUT2D eigenvalue weighted by Gasteiger charge is -2.39. The van der Waals surface area contributed by atoms with Crippen LogP contribution in [0.5, 0.6) is 0 Å². The number of amides is 1. The number of carbonyl (C=O) groups is 1. The molecule has 120 valence electrons. The molecule has 1 aliphatic carbocycles. The van der Waals surface area contributed by atoms with Crippen molar-refractivity contribution in [2.75, 3.05) is 18.8 Å². The van der Waals surface area contributed by atoms with Crippen molar-refractivity contribution in [3.8, 4) is 0 Å². The molecule has 22 heavy (non-hydrogen) atoms. The number of hydrogen-bond acceptors (Lipinski definition) is 3. The van der Waals surface area contributed by atoms with Gasteiger partial charge in [-0.2, -0.15) is 0 Å². The predicted octanol–water partition coefficient (Wildman–Crippen LogP) is 2.80. The number of carbonyl (C=O) groups excluding carboxylic acids is 1. The van der Waals surface area contributed by atoms with Gasteiger partial charge in [0, 0.05) is 23.3 Å². The molecule has 0 radical (unpaired) electrons. The zero-order valence-electron chi connectivity index (χ0n) is 13.3. The lowest BCUT2D eigenvalue weighted by atomic mass is 9.89. The zero-order valence-corrected chi connectivity index (χ0v) is 13.3. The Morgan fingerprint density at radius 2 is 1.64 bits per heavy atom. The molecule has 1 aromatic carbocycles. The van der Waals surface area contributed by atoms with Crippen molar-refractivity contribution in [2.24, 2.45) is 0 Å². The predicted molar refractivity (Wildman–Crippen MR) is 89.8 cm³/mol. The molecule has 3 N–H and O–H groups in total. The van der Waals surface area contributed by atoms with E-state index in [9.17, 15) is 4.79 Å². The first-order chi connectivity index (χ1) is 10.7. The highest BCUT2D eigenvalue weighted by molar-refractivity contribution is 5.94. The lowest BCUT2D eigenvalue weighted by molar-refractivity contribution is 0.0887. The van der Waals surface area contributed by atoms with Crippen LogP contribution in [0.3, 0.4) is 0 Å². The van der Waals surface area contributed by atoms with E-state index in [0.717, 1.165) is 18.9 Å². The Morgan fingerprint density at radius 3 is 2.27 bits per heavy atom. The van der Waals surface area contributed by atoms with Crippen molar-refractivity contribution in [1.29, 1.82) is 0 Å². The number of nitrogen functional groups attached to an aromatic ring is 1. The summed E-state index contributed by atoms with van der Waals surface area (Å²) >= 11 is 0. The van der Waals surface area contributed by atoms with E-state index in [0.29, 0.717) is 17.3 Å². The van der Waals surface area contributed by atoms with Gasteiger partial charge in [-0.05, 0) is 75.9 Å². The number of nitrogens with one attached hydrogen (secondary N) is 1. The summed E-state index contributed by atoms with van der Waals surface area (Å²) < 4.78 is 0. The van der Waals surface area contributed by atoms with E-state index < -0.39 is 0 Å². The zero-order chi connectivity index (χ0) is 15.4. The van der Waals surface area contributed by atoms with Gasteiger partial charge in [0.05, 0.1) is 0 Å². The molecular formula is C18H27N3O. The maximum Gasteiger partial charge on any atom is 0.251 e. The minimum absolute atomic E-state index is 0.0291. The third-order valence-electron chi connectivity index (χ3n) is 5.11. The molecule has 1 saturated carbocycles. The van der Waals surface area contributed by atoms with E-state index in [-0.39, 0.29) is 5.91 Å². The van der Waals surface area contributed by atoms with Crippen molar-refractivity contribution in [1.82, 2.24) is 10.2 Å². The first-order valence-corrected chi connectivity index (χ1v) is 8.63. The normalized spacial score (nSPS) is 26.5. The number of nitrogens with two attached hydrogens (primary N) is 1. The number of anilines is 1. The number of hydrogen-bond donors (Lipinski definition) is 2. The molecule has 0 aromatic heterocycles. The van der Waals surface area contributed by atoms with Crippen molar-refractivity contribution < 1.29 is 4.79 Å². The number of benzene rings is 1. The van der Waals surface area contributed by atoms with Gasteiger partial charge >= 0.3 is 0 Å². The van der Waals surface area contributed by atoms with Gasteiger partial charge in [0.2, 0.25) is 0 Å². The topological polar surface area (TPSA) is 58.4 Å². The van der Waals surface area contributed by atoms with Crippen LogP contribution in [-0.2, 0) is 0 Å². The Hall–Kier alpha value is -1.55. The summed E-state index contributed by atoms with van der Waals surface area (Å²) in [6, 6.07) is 8.22. The Morgan fingerprint density at radius 1 is 1.00 bits per heavy atom. The highest BCUT2D eigenvalue weighted by Crippen LogP contribution is 2.25. The molecule has 4 nitrogen and oxygen atoms in total. The molecule has 1 amide bonds. The Bertz CT molecular complexity index is 486. The molecule has 0 spiro atoms. The van der Waals surface area contributed by atoms with Crippen LogP contribution in [0.4, 0.5) is 5.69 Å². The molecule has 1 aliphatic heterocycles. The van der Waals surface area contributed by atoms with Crippen LogP contribution >= 0.6 is 0 Å². The van der Waals surface area contributed by atoms with Gasteiger partial charge in [-0.1, -0.05) is 6.42 Å². The van der Waals surface area contributed by atoms with Gasteiger partial charge in [0.25, 0.3) is 5.91 Å². The van der Waals surface area contributed by atoms with Crippen LogP contribution in [0.2, 0.25) is 0 Å². The maximum atomic E-state index is 12.2. The van der Waals surface area contributed by atoms with E-state index in [1.165, 1.54) is 45.2 Å². The molecule has 1 heterocycles. The largest absolute Gasteiger partial charge is 0.399 e. The molecule has 2 fully saturated rings. The monoisotopic (exact) mass is 301 g/mol. The fraction of sp³-hybridized carbons (Fsp3) is 0.611. The van der Waals surface area contributed by atoms with E-state index >= 15 is 0 Å². The van der Waals surface area contributed by atoms with Crippen molar-refractivity contribution in [3.63, 3.8) is 0 Å². The van der Waals surface area contributed by atoms with Gasteiger partial charge < -0.3 is 16.0 Å². The van der Waals surface area contributed by atoms with Gasteiger partial charge in [-0.3, -0.25) is 4.79 Å². The molecule has 3 rings (SSSR count). The van der Waals surface area contributed by atoms with Gasteiger partial charge in [-0.15, -0.1) is 0 Å². The fourth-order valence-corrected chi connectivity index (χ4v) is 3.77. The van der Waals surface area contributed by atoms with Crippen LogP contribution in [-0.4, -0.2) is 36.0 Å². The number of likely N-dealkylation sites (tertiary alicyclic amines) is 1. The van der Waals surface area contributed by atoms with Crippen LogP contribution in [0.1, 0.15) is 55.3 Å². The molecule has 4 heteroatoms. The second kappa shape index (κ2) is 7.14. The fourth-order valence-electron chi connectivity index (χ4n) is 3.77. The first-order valence-electron chi connectivity index (χ1n) is 8.63. The van der Waals surface area contributed by atoms with Crippen molar-refractivity contribution in [3.05, 3.63) is 29.8 Å². The second-order valence-electron chi connectivity index (χ2n) is 6.70. The van der Waals surface area contributed by atoms with Crippen LogP contribution in [0, 0.1) is 0 Å². The van der Waals surface area contributed by atoms with Crippen LogP contribution < -0.4 is 11.1 Å². The van der Waals surface area contributed by atoms with Crippen molar-refractivity contribution >= 4 is 11.6 Å². The summed E-state index contributed by atoms with van der Waals surface area (Å²) in [5.74, 6) is 0.0291. The number of rotatable bonds is 3. The summed E-state index contributed by atoms with van der Waals surface area (Å²) in [5, 5.41) is 3.18. The summed E-state index contributed by atoms with van der Waals surface area (Å²) in [4.78, 5) is 14.9. The Kier molecular flexibility index (Phi) is 4.98. The molecule has 1 saturated heterocycles. The molecular weight excluding hydrogens is 274 g/mol. The summed E-state index contributed by atoms with van der Waals surface area (Å²) in [7, 11) is 0. The average molecular weight is 301 g/mol. The van der Waals surface area contributed by atoms with Gasteiger partial charge in [-0.25, -0.2) is 0 Å². The highest BCUT2D eigenvalue weighted by atomic mass is 16.1.